The molecule has 0 aliphatic heterocycles. The summed E-state index contributed by atoms with van der Waals surface area (Å²) in [5, 5.41) is 14.8. The molecule has 0 spiro atoms. The summed E-state index contributed by atoms with van der Waals surface area (Å²) in [7, 11) is 0. The van der Waals surface area contributed by atoms with Crippen molar-refractivity contribution in [3.05, 3.63) is 52.9 Å². The highest BCUT2D eigenvalue weighted by Crippen LogP contribution is 2.22. The van der Waals surface area contributed by atoms with Gasteiger partial charge in [0.25, 0.3) is 5.91 Å². The van der Waals surface area contributed by atoms with Gasteiger partial charge in [-0.2, -0.15) is 0 Å². The summed E-state index contributed by atoms with van der Waals surface area (Å²) in [6.45, 7) is 1.05. The number of anilines is 1. The van der Waals surface area contributed by atoms with E-state index in [0.717, 1.165) is 0 Å². The van der Waals surface area contributed by atoms with Crippen molar-refractivity contribution in [3.8, 4) is 0 Å². The number of hydrogen-bond donors (Lipinski definition) is 3. The minimum absolute atomic E-state index is 0.193. The summed E-state index contributed by atoms with van der Waals surface area (Å²) in [5.74, 6) is -0.296. The minimum atomic E-state index is -0.678. The standard InChI is InChI=1S/C15H15ClN2O4/c1-9(20)17-10-4-5-12(16)11(7-10)15(21)18-13(8-19)14-3-2-6-22-14/h2-7,13,19H,8H2,1H3,(H,17,20)(H,18,21). The number of furan rings is 1. The van der Waals surface area contributed by atoms with E-state index in [1.54, 1.807) is 18.2 Å². The third kappa shape index (κ3) is 3.87. The first-order valence-corrected chi connectivity index (χ1v) is 6.91. The van der Waals surface area contributed by atoms with Crippen LogP contribution in [0, 0.1) is 0 Å². The Morgan fingerprint density at radius 1 is 1.36 bits per heavy atom. The number of halogens is 1. The second-order valence-electron chi connectivity index (χ2n) is 4.60. The number of rotatable bonds is 5. The van der Waals surface area contributed by atoms with E-state index in [9.17, 15) is 14.7 Å². The van der Waals surface area contributed by atoms with Gasteiger partial charge in [-0.25, -0.2) is 0 Å². The second-order valence-corrected chi connectivity index (χ2v) is 5.01. The molecular formula is C15H15ClN2O4. The third-order valence-corrected chi connectivity index (χ3v) is 3.24. The van der Waals surface area contributed by atoms with Gasteiger partial charge in [-0.15, -0.1) is 0 Å². The van der Waals surface area contributed by atoms with Crippen LogP contribution < -0.4 is 10.6 Å². The molecule has 22 heavy (non-hydrogen) atoms. The largest absolute Gasteiger partial charge is 0.467 e. The molecule has 1 unspecified atom stereocenters. The number of carbonyl (C=O) groups is 2. The zero-order chi connectivity index (χ0) is 16.1. The van der Waals surface area contributed by atoms with Crippen LogP contribution in [0.2, 0.25) is 5.02 Å². The second kappa shape index (κ2) is 7.11. The van der Waals surface area contributed by atoms with Crippen LogP contribution in [0.1, 0.15) is 29.1 Å². The third-order valence-electron chi connectivity index (χ3n) is 2.91. The molecule has 1 heterocycles. The van der Waals surface area contributed by atoms with Crippen molar-refractivity contribution in [1.29, 1.82) is 0 Å². The molecule has 0 radical (unpaired) electrons. The van der Waals surface area contributed by atoms with E-state index in [-0.39, 0.29) is 23.1 Å². The maximum Gasteiger partial charge on any atom is 0.253 e. The number of carbonyl (C=O) groups excluding carboxylic acids is 2. The van der Waals surface area contributed by atoms with Crippen molar-refractivity contribution in [1.82, 2.24) is 5.32 Å². The van der Waals surface area contributed by atoms with E-state index in [2.05, 4.69) is 10.6 Å². The van der Waals surface area contributed by atoms with Crippen LogP contribution in [-0.4, -0.2) is 23.5 Å². The lowest BCUT2D eigenvalue weighted by molar-refractivity contribution is -0.114. The highest BCUT2D eigenvalue weighted by Gasteiger charge is 2.19. The topological polar surface area (TPSA) is 91.6 Å². The fourth-order valence-corrected chi connectivity index (χ4v) is 2.12. The quantitative estimate of drug-likeness (QED) is 0.788. The van der Waals surface area contributed by atoms with Gasteiger partial charge in [0.2, 0.25) is 5.91 Å². The van der Waals surface area contributed by atoms with Crippen molar-refractivity contribution < 1.29 is 19.1 Å². The van der Waals surface area contributed by atoms with Crippen LogP contribution in [0.25, 0.3) is 0 Å². The lowest BCUT2D eigenvalue weighted by Crippen LogP contribution is -2.30. The summed E-state index contributed by atoms with van der Waals surface area (Å²) in [6, 6.07) is 7.21. The van der Waals surface area contributed by atoms with Gasteiger partial charge in [0, 0.05) is 12.6 Å². The number of amides is 2. The molecule has 0 aliphatic carbocycles. The Kier molecular flexibility index (Phi) is 5.19. The Balaban J connectivity index is 2.19. The molecule has 0 fully saturated rings. The summed E-state index contributed by atoms with van der Waals surface area (Å²) < 4.78 is 5.17. The first-order valence-electron chi connectivity index (χ1n) is 6.53. The van der Waals surface area contributed by atoms with Crippen molar-refractivity contribution in [2.75, 3.05) is 11.9 Å². The molecule has 7 heteroatoms. The molecule has 0 aliphatic rings. The zero-order valence-corrected chi connectivity index (χ0v) is 12.6. The number of nitrogens with one attached hydrogen (secondary N) is 2. The van der Waals surface area contributed by atoms with Crippen molar-refractivity contribution in [2.45, 2.75) is 13.0 Å². The summed E-state index contributed by atoms with van der Waals surface area (Å²) in [6.07, 6.45) is 1.45. The Hall–Kier alpha value is -2.31. The number of hydrogen-bond acceptors (Lipinski definition) is 4. The van der Waals surface area contributed by atoms with E-state index >= 15 is 0 Å². The Morgan fingerprint density at radius 2 is 2.14 bits per heavy atom. The normalized spacial score (nSPS) is 11.8. The van der Waals surface area contributed by atoms with Gasteiger partial charge >= 0.3 is 0 Å². The monoisotopic (exact) mass is 322 g/mol. The predicted molar refractivity (Wildman–Crippen MR) is 81.8 cm³/mol. The van der Waals surface area contributed by atoms with E-state index in [0.29, 0.717) is 11.4 Å². The van der Waals surface area contributed by atoms with Crippen LogP contribution in [0.15, 0.2) is 41.0 Å². The maximum atomic E-state index is 12.3. The van der Waals surface area contributed by atoms with Crippen LogP contribution in [0.4, 0.5) is 5.69 Å². The molecule has 2 amide bonds. The van der Waals surface area contributed by atoms with Crippen molar-refractivity contribution in [2.24, 2.45) is 0 Å². The molecule has 1 aromatic carbocycles. The van der Waals surface area contributed by atoms with Crippen LogP contribution in [0.5, 0.6) is 0 Å². The lowest BCUT2D eigenvalue weighted by Gasteiger charge is -2.15. The van der Waals surface area contributed by atoms with Crippen LogP contribution in [0.3, 0.4) is 0 Å². The van der Waals surface area contributed by atoms with Gasteiger partial charge in [-0.3, -0.25) is 9.59 Å². The highest BCUT2D eigenvalue weighted by molar-refractivity contribution is 6.34. The van der Waals surface area contributed by atoms with Crippen molar-refractivity contribution in [3.63, 3.8) is 0 Å². The molecule has 0 saturated heterocycles. The molecule has 0 saturated carbocycles. The van der Waals surface area contributed by atoms with E-state index < -0.39 is 11.9 Å². The summed E-state index contributed by atoms with van der Waals surface area (Å²) in [4.78, 5) is 23.4. The summed E-state index contributed by atoms with van der Waals surface area (Å²) >= 11 is 6.02. The first kappa shape index (κ1) is 16.1. The van der Waals surface area contributed by atoms with E-state index in [4.69, 9.17) is 16.0 Å². The number of aliphatic hydroxyl groups excluding tert-OH is 1. The molecule has 1 aromatic heterocycles. The smallest absolute Gasteiger partial charge is 0.253 e. The lowest BCUT2D eigenvalue weighted by atomic mass is 10.1. The molecule has 3 N–H and O–H groups in total. The first-order chi connectivity index (χ1) is 10.5. The fourth-order valence-electron chi connectivity index (χ4n) is 1.91. The molecule has 116 valence electrons. The Morgan fingerprint density at radius 3 is 2.73 bits per heavy atom. The highest BCUT2D eigenvalue weighted by atomic mass is 35.5. The molecular weight excluding hydrogens is 308 g/mol. The van der Waals surface area contributed by atoms with Gasteiger partial charge in [0.15, 0.2) is 0 Å². The van der Waals surface area contributed by atoms with E-state index in [1.165, 1.54) is 25.3 Å². The average molecular weight is 323 g/mol. The minimum Gasteiger partial charge on any atom is -0.467 e. The van der Waals surface area contributed by atoms with E-state index in [1.807, 2.05) is 0 Å². The van der Waals surface area contributed by atoms with Gasteiger partial charge < -0.3 is 20.2 Å². The SMILES string of the molecule is CC(=O)Nc1ccc(Cl)c(C(=O)NC(CO)c2ccco2)c1. The van der Waals surface area contributed by atoms with Gasteiger partial charge in [0.1, 0.15) is 11.8 Å². The van der Waals surface area contributed by atoms with Gasteiger partial charge in [-0.1, -0.05) is 11.6 Å². The van der Waals surface area contributed by atoms with Gasteiger partial charge in [-0.05, 0) is 30.3 Å². The summed E-state index contributed by atoms with van der Waals surface area (Å²) in [5.41, 5.74) is 0.651. The van der Waals surface area contributed by atoms with Gasteiger partial charge in [0.05, 0.1) is 23.5 Å². The number of benzene rings is 1. The zero-order valence-electron chi connectivity index (χ0n) is 11.8. The molecule has 1 atom stereocenters. The Bertz CT molecular complexity index is 670. The predicted octanol–water partition coefficient (Wildman–Crippen LogP) is 2.35. The average Bonchev–Trinajstić information content (AvgIpc) is 3.00. The van der Waals surface area contributed by atoms with Crippen LogP contribution in [-0.2, 0) is 4.79 Å². The molecule has 6 nitrogen and oxygen atoms in total. The maximum absolute atomic E-state index is 12.3. The van der Waals surface area contributed by atoms with Crippen LogP contribution >= 0.6 is 11.6 Å². The molecule has 2 rings (SSSR count). The molecule has 2 aromatic rings. The fraction of sp³-hybridized carbons (Fsp3) is 0.200. The number of aliphatic hydroxyl groups is 1. The molecule has 0 bridgehead atoms. The van der Waals surface area contributed by atoms with Crippen molar-refractivity contribution >= 4 is 29.1 Å². The Labute approximate surface area is 132 Å².